The van der Waals surface area contributed by atoms with Crippen LogP contribution < -0.4 is 26.4 Å². The summed E-state index contributed by atoms with van der Waals surface area (Å²) < 4.78 is 42.2. The number of carbonyl (C=O) groups is 1. The molecule has 4 rings (SSSR count). The standard InChI is InChI=1S/C28H32F3N7O4/c29-28(30,31)42-24-9-5-4-8-20(24)16-34-27-35-17-23(38(40)41)26(37-27)33-15-19-10-12-21(13-11-19)36-22(25(32)39)14-18-6-2-1-3-7-18/h1-9,17,19,21-22,36H,10-16H2,(H2,32,39)(H2,33,34,35,37)/t19-,21-,22-/m1/s1. The summed E-state index contributed by atoms with van der Waals surface area (Å²) in [5.41, 5.74) is 6.55. The van der Waals surface area contributed by atoms with Gasteiger partial charge < -0.3 is 26.4 Å². The lowest BCUT2D eigenvalue weighted by Crippen LogP contribution is -2.49. The van der Waals surface area contributed by atoms with E-state index in [1.165, 1.54) is 18.2 Å². The molecule has 1 aromatic heterocycles. The highest BCUT2D eigenvalue weighted by Gasteiger charge is 2.32. The van der Waals surface area contributed by atoms with Crippen LogP contribution in [0, 0.1) is 16.0 Å². The Balaban J connectivity index is 1.32. The highest BCUT2D eigenvalue weighted by molar-refractivity contribution is 5.80. The number of ether oxygens (including phenoxy) is 1. The van der Waals surface area contributed by atoms with Gasteiger partial charge in [0, 0.05) is 24.7 Å². The zero-order valence-corrected chi connectivity index (χ0v) is 22.6. The number of carbonyl (C=O) groups excluding carboxylic acids is 1. The Kier molecular flexibility index (Phi) is 10.1. The lowest BCUT2D eigenvalue weighted by molar-refractivity contribution is -0.384. The molecule has 1 fully saturated rings. The fourth-order valence-electron chi connectivity index (χ4n) is 4.92. The Bertz CT molecular complexity index is 1350. The van der Waals surface area contributed by atoms with Crippen LogP contribution in [0.2, 0.25) is 0 Å². The van der Waals surface area contributed by atoms with Gasteiger partial charge in [-0.15, -0.1) is 13.2 Å². The Hall–Kier alpha value is -4.46. The number of aromatic nitrogens is 2. The third-order valence-corrected chi connectivity index (χ3v) is 7.07. The van der Waals surface area contributed by atoms with Crippen molar-refractivity contribution in [2.75, 3.05) is 17.2 Å². The molecule has 0 aliphatic heterocycles. The van der Waals surface area contributed by atoms with Crippen molar-refractivity contribution in [2.45, 2.75) is 57.1 Å². The number of anilines is 2. The average molecular weight is 588 g/mol. The first kappa shape index (κ1) is 30.5. The molecular formula is C28H32F3N7O4. The van der Waals surface area contributed by atoms with Crippen LogP contribution in [0.25, 0.3) is 0 Å². The minimum atomic E-state index is -4.85. The summed E-state index contributed by atoms with van der Waals surface area (Å²) in [5.74, 6) is -0.547. The first-order valence-corrected chi connectivity index (χ1v) is 13.5. The maximum Gasteiger partial charge on any atom is 0.573 e. The topological polar surface area (TPSA) is 157 Å². The molecule has 1 saturated carbocycles. The number of nitrogens with two attached hydrogens (primary N) is 1. The summed E-state index contributed by atoms with van der Waals surface area (Å²) in [4.78, 5) is 31.2. The normalized spacial score (nSPS) is 17.7. The van der Waals surface area contributed by atoms with Gasteiger partial charge >= 0.3 is 12.0 Å². The number of para-hydroxylation sites is 1. The number of hydrogen-bond acceptors (Lipinski definition) is 9. The molecule has 1 aliphatic rings. The zero-order valence-electron chi connectivity index (χ0n) is 22.6. The van der Waals surface area contributed by atoms with E-state index < -0.39 is 23.2 Å². The number of rotatable bonds is 13. The largest absolute Gasteiger partial charge is 0.573 e. The van der Waals surface area contributed by atoms with Crippen LogP contribution in [0.3, 0.4) is 0 Å². The summed E-state index contributed by atoms with van der Waals surface area (Å²) in [7, 11) is 0. The predicted molar refractivity (Wildman–Crippen MR) is 150 cm³/mol. The number of benzene rings is 2. The number of primary amides is 1. The second kappa shape index (κ2) is 13.9. The monoisotopic (exact) mass is 587 g/mol. The number of nitro groups is 1. The molecule has 11 nitrogen and oxygen atoms in total. The average Bonchev–Trinajstić information content (AvgIpc) is 2.95. The molecule has 3 aromatic rings. The molecular weight excluding hydrogens is 555 g/mol. The molecule has 2 aromatic carbocycles. The van der Waals surface area contributed by atoms with Crippen molar-refractivity contribution in [1.82, 2.24) is 15.3 Å². The predicted octanol–water partition coefficient (Wildman–Crippen LogP) is 4.55. The van der Waals surface area contributed by atoms with E-state index in [0.717, 1.165) is 37.4 Å². The van der Waals surface area contributed by atoms with Crippen molar-refractivity contribution >= 4 is 23.4 Å². The second-order valence-electron chi connectivity index (χ2n) is 10.1. The molecule has 224 valence electrons. The van der Waals surface area contributed by atoms with Crippen LogP contribution in [-0.4, -0.2) is 45.8 Å². The Morgan fingerprint density at radius 3 is 2.43 bits per heavy atom. The summed E-state index contributed by atoms with van der Waals surface area (Å²) >= 11 is 0. The number of nitrogens with zero attached hydrogens (tertiary/aromatic N) is 3. The van der Waals surface area contributed by atoms with Gasteiger partial charge in [0.05, 0.1) is 11.0 Å². The number of alkyl halides is 3. The van der Waals surface area contributed by atoms with Gasteiger partial charge in [-0.3, -0.25) is 14.9 Å². The van der Waals surface area contributed by atoms with Crippen LogP contribution in [0.1, 0.15) is 36.8 Å². The molecule has 0 spiro atoms. The van der Waals surface area contributed by atoms with Gasteiger partial charge in [0.15, 0.2) is 0 Å². The molecule has 0 bridgehead atoms. The maximum absolute atomic E-state index is 12.7. The van der Waals surface area contributed by atoms with E-state index in [4.69, 9.17) is 5.73 Å². The number of amides is 1. The minimum Gasteiger partial charge on any atom is -0.405 e. The maximum atomic E-state index is 12.7. The van der Waals surface area contributed by atoms with Gasteiger partial charge in [-0.05, 0) is 49.7 Å². The first-order chi connectivity index (χ1) is 20.1. The molecule has 5 N–H and O–H groups in total. The molecule has 0 unspecified atom stereocenters. The van der Waals surface area contributed by atoms with Gasteiger partial charge in [0.1, 0.15) is 11.9 Å². The van der Waals surface area contributed by atoms with E-state index in [-0.39, 0.29) is 47.3 Å². The van der Waals surface area contributed by atoms with Crippen molar-refractivity contribution < 1.29 is 27.6 Å². The second-order valence-corrected chi connectivity index (χ2v) is 10.1. The van der Waals surface area contributed by atoms with Crippen molar-refractivity contribution in [3.05, 3.63) is 82.0 Å². The molecule has 1 heterocycles. The highest BCUT2D eigenvalue weighted by atomic mass is 19.4. The molecule has 1 aliphatic carbocycles. The van der Waals surface area contributed by atoms with Crippen molar-refractivity contribution in [2.24, 2.45) is 11.7 Å². The van der Waals surface area contributed by atoms with Gasteiger partial charge in [-0.2, -0.15) is 4.98 Å². The quantitative estimate of drug-likeness (QED) is 0.166. The number of hydrogen-bond donors (Lipinski definition) is 4. The van der Waals surface area contributed by atoms with Crippen molar-refractivity contribution in [3.63, 3.8) is 0 Å². The third-order valence-electron chi connectivity index (χ3n) is 7.07. The van der Waals surface area contributed by atoms with Crippen LogP contribution in [0.15, 0.2) is 60.8 Å². The van der Waals surface area contributed by atoms with Crippen LogP contribution >= 0.6 is 0 Å². The van der Waals surface area contributed by atoms with E-state index in [2.05, 4.69) is 30.7 Å². The van der Waals surface area contributed by atoms with Gasteiger partial charge in [0.2, 0.25) is 17.7 Å². The van der Waals surface area contributed by atoms with E-state index in [1.807, 2.05) is 30.3 Å². The summed E-state index contributed by atoms with van der Waals surface area (Å²) in [6.07, 6.45) is -0.0352. The summed E-state index contributed by atoms with van der Waals surface area (Å²) in [6.45, 7) is 0.326. The SMILES string of the molecule is NC(=O)[C@@H](Cc1ccccc1)N[C@H]1CC[C@H](CNc2nc(NCc3ccccc3OC(F)(F)F)ncc2[N+](=O)[O-])CC1. The Morgan fingerprint density at radius 2 is 1.76 bits per heavy atom. The molecule has 42 heavy (non-hydrogen) atoms. The van der Waals surface area contributed by atoms with E-state index in [1.54, 1.807) is 6.07 Å². The lowest BCUT2D eigenvalue weighted by atomic mass is 9.85. The summed E-state index contributed by atoms with van der Waals surface area (Å²) in [6, 6.07) is 14.9. The Labute approximate surface area is 240 Å². The molecule has 14 heteroatoms. The summed E-state index contributed by atoms with van der Waals surface area (Å²) in [5, 5.41) is 20.8. The molecule has 1 amide bonds. The lowest BCUT2D eigenvalue weighted by Gasteiger charge is -2.31. The van der Waals surface area contributed by atoms with E-state index in [9.17, 15) is 28.1 Å². The van der Waals surface area contributed by atoms with Gasteiger partial charge in [-0.25, -0.2) is 4.98 Å². The fraction of sp³-hybridized carbons (Fsp3) is 0.393. The van der Waals surface area contributed by atoms with Crippen LogP contribution in [0.5, 0.6) is 5.75 Å². The Morgan fingerprint density at radius 1 is 1.07 bits per heavy atom. The zero-order chi connectivity index (χ0) is 30.1. The smallest absolute Gasteiger partial charge is 0.405 e. The highest BCUT2D eigenvalue weighted by Crippen LogP contribution is 2.29. The van der Waals surface area contributed by atoms with Gasteiger partial charge in [-0.1, -0.05) is 48.5 Å². The van der Waals surface area contributed by atoms with Crippen LogP contribution in [0.4, 0.5) is 30.6 Å². The molecule has 0 saturated heterocycles. The van der Waals surface area contributed by atoms with Gasteiger partial charge in [0.25, 0.3) is 0 Å². The van der Waals surface area contributed by atoms with Crippen molar-refractivity contribution in [3.8, 4) is 5.75 Å². The first-order valence-electron chi connectivity index (χ1n) is 13.5. The minimum absolute atomic E-state index is 0.00808. The molecule has 0 radical (unpaired) electrons. The van der Waals surface area contributed by atoms with E-state index in [0.29, 0.717) is 13.0 Å². The van der Waals surface area contributed by atoms with E-state index >= 15 is 0 Å². The number of halogens is 3. The van der Waals surface area contributed by atoms with Crippen molar-refractivity contribution in [1.29, 1.82) is 0 Å². The third kappa shape index (κ3) is 9.03. The van der Waals surface area contributed by atoms with Crippen LogP contribution in [-0.2, 0) is 17.8 Å². The number of nitrogens with one attached hydrogen (secondary N) is 3. The molecule has 1 atom stereocenters. The fourth-order valence-corrected chi connectivity index (χ4v) is 4.92.